The molecule has 0 saturated carbocycles. The van der Waals surface area contributed by atoms with Gasteiger partial charge in [0.1, 0.15) is 0 Å². The molecule has 0 spiro atoms. The van der Waals surface area contributed by atoms with E-state index in [0.29, 0.717) is 13.2 Å². The van der Waals surface area contributed by atoms with E-state index >= 15 is 0 Å². The van der Waals surface area contributed by atoms with Crippen LogP contribution in [0.4, 0.5) is 5.69 Å². The molecule has 6 nitrogen and oxygen atoms in total. The van der Waals surface area contributed by atoms with Crippen molar-refractivity contribution in [3.8, 4) is 0 Å². The molecule has 1 aromatic rings. The summed E-state index contributed by atoms with van der Waals surface area (Å²) >= 11 is 5.79. The normalized spacial score (nSPS) is 10.0. The highest BCUT2D eigenvalue weighted by Gasteiger charge is 2.15. The molecule has 0 bridgehead atoms. The Labute approximate surface area is 103 Å². The number of nitrogens with one attached hydrogen (secondary N) is 1. The van der Waals surface area contributed by atoms with Crippen LogP contribution in [-0.4, -0.2) is 31.1 Å². The average molecular weight is 259 g/mol. The average Bonchev–Trinajstić information content (AvgIpc) is 2.29. The van der Waals surface area contributed by atoms with E-state index in [1.807, 2.05) is 0 Å². The highest BCUT2D eigenvalue weighted by atomic mass is 35.5. The number of carbonyl (C=O) groups is 1. The number of hydrogen-bond donors (Lipinski definition) is 1. The van der Waals surface area contributed by atoms with Crippen LogP contribution < -0.4 is 5.32 Å². The van der Waals surface area contributed by atoms with Crippen molar-refractivity contribution in [3.05, 3.63) is 38.9 Å². The van der Waals surface area contributed by atoms with Gasteiger partial charge >= 0.3 is 0 Å². The number of rotatable bonds is 5. The third-order valence-corrected chi connectivity index (χ3v) is 2.33. The maximum atomic E-state index is 11.6. The lowest BCUT2D eigenvalue weighted by molar-refractivity contribution is -0.384. The van der Waals surface area contributed by atoms with E-state index in [9.17, 15) is 14.9 Å². The highest BCUT2D eigenvalue weighted by Crippen LogP contribution is 2.21. The van der Waals surface area contributed by atoms with Crippen molar-refractivity contribution in [3.63, 3.8) is 0 Å². The molecule has 0 aliphatic carbocycles. The summed E-state index contributed by atoms with van der Waals surface area (Å²) in [6.07, 6.45) is 0. The lowest BCUT2D eigenvalue weighted by atomic mass is 10.2. The topological polar surface area (TPSA) is 81.5 Å². The number of methoxy groups -OCH3 is 1. The van der Waals surface area contributed by atoms with Gasteiger partial charge in [0.15, 0.2) is 0 Å². The predicted octanol–water partition coefficient (Wildman–Crippen LogP) is 1.62. The van der Waals surface area contributed by atoms with Crippen LogP contribution >= 0.6 is 11.6 Å². The van der Waals surface area contributed by atoms with Gasteiger partial charge in [-0.3, -0.25) is 14.9 Å². The zero-order chi connectivity index (χ0) is 12.8. The molecule has 0 saturated heterocycles. The van der Waals surface area contributed by atoms with Gasteiger partial charge < -0.3 is 10.1 Å². The Hall–Kier alpha value is -1.66. The fourth-order valence-corrected chi connectivity index (χ4v) is 1.37. The van der Waals surface area contributed by atoms with Crippen LogP contribution in [0.25, 0.3) is 0 Å². The summed E-state index contributed by atoms with van der Waals surface area (Å²) in [5.74, 6) is -0.462. The Balaban J connectivity index is 2.84. The summed E-state index contributed by atoms with van der Waals surface area (Å²) in [5.41, 5.74) is -0.0942. The third-order valence-electron chi connectivity index (χ3n) is 2.00. The minimum atomic E-state index is -0.581. The number of benzene rings is 1. The van der Waals surface area contributed by atoms with Gasteiger partial charge in [0.2, 0.25) is 0 Å². The molecule has 1 rings (SSSR count). The molecular weight excluding hydrogens is 248 g/mol. The van der Waals surface area contributed by atoms with E-state index < -0.39 is 10.8 Å². The van der Waals surface area contributed by atoms with Crippen LogP contribution in [0, 0.1) is 10.1 Å². The number of non-ortho nitro benzene ring substituents is 1. The van der Waals surface area contributed by atoms with Crippen molar-refractivity contribution >= 4 is 23.2 Å². The second-order valence-corrected chi connectivity index (χ2v) is 3.58. The van der Waals surface area contributed by atoms with Crippen molar-refractivity contribution < 1.29 is 14.5 Å². The van der Waals surface area contributed by atoms with Crippen LogP contribution in [-0.2, 0) is 4.74 Å². The molecule has 0 unspecified atom stereocenters. The van der Waals surface area contributed by atoms with Crippen LogP contribution in [0.3, 0.4) is 0 Å². The maximum Gasteiger partial charge on any atom is 0.270 e. The molecule has 7 heteroatoms. The molecule has 0 heterocycles. The number of nitrogens with zero attached hydrogens (tertiary/aromatic N) is 1. The molecule has 0 fully saturated rings. The van der Waals surface area contributed by atoms with Gasteiger partial charge in [-0.1, -0.05) is 11.6 Å². The van der Waals surface area contributed by atoms with Gasteiger partial charge in [0, 0.05) is 25.8 Å². The molecule has 17 heavy (non-hydrogen) atoms. The first kappa shape index (κ1) is 13.4. The first-order valence-electron chi connectivity index (χ1n) is 4.77. The second kappa shape index (κ2) is 6.17. The van der Waals surface area contributed by atoms with Crippen LogP contribution in [0.15, 0.2) is 18.2 Å². The first-order chi connectivity index (χ1) is 8.06. The monoisotopic (exact) mass is 258 g/mol. The molecule has 92 valence electrons. The number of halogens is 1. The summed E-state index contributed by atoms with van der Waals surface area (Å²) in [6.45, 7) is 0.673. The SMILES string of the molecule is COCCNC(=O)c1cc([N+](=O)[O-])ccc1Cl. The minimum Gasteiger partial charge on any atom is -0.383 e. The van der Waals surface area contributed by atoms with E-state index in [0.717, 1.165) is 6.07 Å². The Bertz CT molecular complexity index is 436. The summed E-state index contributed by atoms with van der Waals surface area (Å²) in [6, 6.07) is 3.71. The summed E-state index contributed by atoms with van der Waals surface area (Å²) < 4.78 is 4.76. The van der Waals surface area contributed by atoms with E-state index in [2.05, 4.69) is 5.32 Å². The number of nitro groups is 1. The van der Waals surface area contributed by atoms with Gasteiger partial charge in [-0.2, -0.15) is 0 Å². The number of hydrogen-bond acceptors (Lipinski definition) is 4. The summed E-state index contributed by atoms with van der Waals surface area (Å²) in [7, 11) is 1.51. The Morgan fingerprint density at radius 1 is 1.59 bits per heavy atom. The zero-order valence-corrected chi connectivity index (χ0v) is 9.86. The summed E-state index contributed by atoms with van der Waals surface area (Å²) in [5, 5.41) is 13.3. The largest absolute Gasteiger partial charge is 0.383 e. The van der Waals surface area contributed by atoms with Crippen molar-refractivity contribution in [1.82, 2.24) is 5.32 Å². The zero-order valence-electron chi connectivity index (χ0n) is 9.10. The molecule has 0 aliphatic rings. The maximum absolute atomic E-state index is 11.6. The number of amides is 1. The van der Waals surface area contributed by atoms with E-state index in [4.69, 9.17) is 16.3 Å². The molecule has 1 N–H and O–H groups in total. The lowest BCUT2D eigenvalue weighted by Gasteiger charge is -2.05. The van der Waals surface area contributed by atoms with E-state index in [1.54, 1.807) is 0 Å². The van der Waals surface area contributed by atoms with Gasteiger partial charge in [-0.15, -0.1) is 0 Å². The predicted molar refractivity (Wildman–Crippen MR) is 62.3 cm³/mol. The number of nitro benzene ring substituents is 1. The number of ether oxygens (including phenoxy) is 1. The molecule has 0 atom stereocenters. The van der Waals surface area contributed by atoms with Crippen molar-refractivity contribution in [2.45, 2.75) is 0 Å². The fraction of sp³-hybridized carbons (Fsp3) is 0.300. The van der Waals surface area contributed by atoms with Crippen LogP contribution in [0.5, 0.6) is 0 Å². The molecule has 0 aromatic heterocycles. The van der Waals surface area contributed by atoms with E-state index in [-0.39, 0.29) is 16.3 Å². The molecule has 1 aromatic carbocycles. The molecular formula is C10H11ClN2O4. The van der Waals surface area contributed by atoms with Crippen LogP contribution in [0.2, 0.25) is 5.02 Å². The van der Waals surface area contributed by atoms with Crippen molar-refractivity contribution in [2.75, 3.05) is 20.3 Å². The molecule has 1 amide bonds. The van der Waals surface area contributed by atoms with Gasteiger partial charge in [-0.05, 0) is 6.07 Å². The van der Waals surface area contributed by atoms with Crippen molar-refractivity contribution in [2.24, 2.45) is 0 Å². The van der Waals surface area contributed by atoms with Gasteiger partial charge in [0.25, 0.3) is 11.6 Å². The molecule has 0 radical (unpaired) electrons. The molecule has 0 aliphatic heterocycles. The summed E-state index contributed by atoms with van der Waals surface area (Å²) in [4.78, 5) is 21.6. The number of carbonyl (C=O) groups excluding carboxylic acids is 1. The smallest absolute Gasteiger partial charge is 0.270 e. The van der Waals surface area contributed by atoms with Crippen molar-refractivity contribution in [1.29, 1.82) is 0 Å². The van der Waals surface area contributed by atoms with Gasteiger partial charge in [-0.25, -0.2) is 0 Å². The Morgan fingerprint density at radius 3 is 2.88 bits per heavy atom. The Kier molecular flexibility index (Phi) is 4.86. The Morgan fingerprint density at radius 2 is 2.29 bits per heavy atom. The van der Waals surface area contributed by atoms with Crippen LogP contribution in [0.1, 0.15) is 10.4 Å². The quantitative estimate of drug-likeness (QED) is 0.494. The minimum absolute atomic E-state index is 0.0805. The lowest BCUT2D eigenvalue weighted by Crippen LogP contribution is -2.27. The van der Waals surface area contributed by atoms with Gasteiger partial charge in [0.05, 0.1) is 22.1 Å². The van der Waals surface area contributed by atoms with E-state index in [1.165, 1.54) is 19.2 Å². The highest BCUT2D eigenvalue weighted by molar-refractivity contribution is 6.33. The second-order valence-electron chi connectivity index (χ2n) is 3.17. The standard InChI is InChI=1S/C10H11ClN2O4/c1-17-5-4-12-10(14)8-6-7(13(15)16)2-3-9(8)11/h2-3,6H,4-5H2,1H3,(H,12,14). The third kappa shape index (κ3) is 3.69. The fourth-order valence-electron chi connectivity index (χ4n) is 1.16. The first-order valence-corrected chi connectivity index (χ1v) is 5.15.